The number of nitrogens with one attached hydrogen (secondary N) is 1. The molecule has 0 atom stereocenters. The van der Waals surface area contributed by atoms with Crippen LogP contribution in [0.1, 0.15) is 12.8 Å². The first kappa shape index (κ1) is 16.8. The number of hydrogen-bond acceptors (Lipinski definition) is 2. The standard InChI is InChI=1S/C15H13BrF3N3O2/c16-10-3-1-9(2-4-10)11-7-20-12(21-11)22(13(23)24)8-14(5-6-14)15(17,18)19/h1-4,7H,5-6,8H2,(H,20,21)(H,23,24). The minimum absolute atomic E-state index is 0.0689. The lowest BCUT2D eigenvalue weighted by atomic mass is 10.1. The molecule has 1 aromatic heterocycles. The molecule has 9 heteroatoms. The molecule has 2 aromatic rings. The summed E-state index contributed by atoms with van der Waals surface area (Å²) in [7, 11) is 0. The highest BCUT2D eigenvalue weighted by Crippen LogP contribution is 2.58. The number of halogens is 4. The van der Waals surface area contributed by atoms with Crippen molar-refractivity contribution in [2.24, 2.45) is 5.41 Å². The molecule has 1 fully saturated rings. The molecule has 0 unspecified atom stereocenters. The predicted octanol–water partition coefficient (Wildman–Crippen LogP) is 4.67. The number of alkyl halides is 3. The van der Waals surface area contributed by atoms with E-state index < -0.39 is 24.2 Å². The van der Waals surface area contributed by atoms with Gasteiger partial charge in [0, 0.05) is 11.0 Å². The van der Waals surface area contributed by atoms with Gasteiger partial charge in [0.1, 0.15) is 0 Å². The number of benzene rings is 1. The van der Waals surface area contributed by atoms with Gasteiger partial charge in [-0.25, -0.2) is 14.7 Å². The van der Waals surface area contributed by atoms with Crippen molar-refractivity contribution in [3.8, 4) is 11.3 Å². The molecule has 1 aliphatic rings. The number of rotatable bonds is 4. The number of aromatic amines is 1. The van der Waals surface area contributed by atoms with Crippen LogP contribution in [0.25, 0.3) is 11.3 Å². The SMILES string of the molecule is O=C(O)N(CC1(C(F)(F)F)CC1)c1ncc(-c2ccc(Br)cc2)[nH]1. The van der Waals surface area contributed by atoms with Gasteiger partial charge in [0.05, 0.1) is 17.3 Å². The summed E-state index contributed by atoms with van der Waals surface area (Å²) in [4.78, 5) is 18.8. The average molecular weight is 404 g/mol. The van der Waals surface area contributed by atoms with E-state index in [9.17, 15) is 23.1 Å². The molecule has 1 heterocycles. The van der Waals surface area contributed by atoms with Gasteiger partial charge in [-0.15, -0.1) is 0 Å². The first-order valence-electron chi connectivity index (χ1n) is 7.10. The zero-order chi connectivity index (χ0) is 17.5. The number of hydrogen-bond donors (Lipinski definition) is 2. The van der Waals surface area contributed by atoms with Gasteiger partial charge in [-0.05, 0) is 30.5 Å². The van der Waals surface area contributed by atoms with Gasteiger partial charge in [-0.2, -0.15) is 13.2 Å². The van der Waals surface area contributed by atoms with E-state index in [-0.39, 0.29) is 18.8 Å². The summed E-state index contributed by atoms with van der Waals surface area (Å²) in [5.74, 6) is -0.115. The maximum absolute atomic E-state index is 13.1. The summed E-state index contributed by atoms with van der Waals surface area (Å²) >= 11 is 3.31. The van der Waals surface area contributed by atoms with Crippen LogP contribution in [-0.4, -0.2) is 33.9 Å². The van der Waals surface area contributed by atoms with Crippen LogP contribution in [0.5, 0.6) is 0 Å². The summed E-state index contributed by atoms with van der Waals surface area (Å²) in [6.45, 7) is -0.654. The summed E-state index contributed by atoms with van der Waals surface area (Å²) in [6.07, 6.45) is -4.63. The van der Waals surface area contributed by atoms with E-state index in [1.807, 2.05) is 0 Å². The highest BCUT2D eigenvalue weighted by atomic mass is 79.9. The van der Waals surface area contributed by atoms with Crippen LogP contribution >= 0.6 is 15.9 Å². The van der Waals surface area contributed by atoms with Crippen molar-refractivity contribution < 1.29 is 23.1 Å². The van der Waals surface area contributed by atoms with Crippen LogP contribution in [-0.2, 0) is 0 Å². The Morgan fingerprint density at radius 3 is 2.46 bits per heavy atom. The second-order valence-electron chi connectivity index (χ2n) is 5.77. The Bertz CT molecular complexity index is 754. The summed E-state index contributed by atoms with van der Waals surface area (Å²) in [5.41, 5.74) is -0.685. The Morgan fingerprint density at radius 1 is 1.33 bits per heavy atom. The number of H-pyrrole nitrogens is 1. The number of carbonyl (C=O) groups is 1. The van der Waals surface area contributed by atoms with Crippen LogP contribution in [0.4, 0.5) is 23.9 Å². The van der Waals surface area contributed by atoms with Gasteiger partial charge in [0.25, 0.3) is 0 Å². The number of imidazole rings is 1. The molecular formula is C15H13BrF3N3O2. The fourth-order valence-corrected chi connectivity index (χ4v) is 2.71. The number of nitrogens with zero attached hydrogens (tertiary/aromatic N) is 2. The normalized spacial score (nSPS) is 16.0. The van der Waals surface area contributed by atoms with Crippen LogP contribution < -0.4 is 4.90 Å². The zero-order valence-electron chi connectivity index (χ0n) is 12.3. The highest BCUT2D eigenvalue weighted by molar-refractivity contribution is 9.10. The van der Waals surface area contributed by atoms with Crippen molar-refractivity contribution in [2.75, 3.05) is 11.4 Å². The van der Waals surface area contributed by atoms with E-state index in [1.54, 1.807) is 24.3 Å². The molecule has 0 bridgehead atoms. The van der Waals surface area contributed by atoms with E-state index in [2.05, 4.69) is 25.9 Å². The molecule has 2 N–H and O–H groups in total. The van der Waals surface area contributed by atoms with Gasteiger partial charge in [0.15, 0.2) is 0 Å². The molecule has 0 saturated heterocycles. The van der Waals surface area contributed by atoms with E-state index in [0.29, 0.717) is 10.6 Å². The van der Waals surface area contributed by atoms with Crippen molar-refractivity contribution in [2.45, 2.75) is 19.0 Å². The lowest BCUT2D eigenvalue weighted by Gasteiger charge is -2.25. The molecule has 128 valence electrons. The Kier molecular flexibility index (Phi) is 4.06. The van der Waals surface area contributed by atoms with Gasteiger partial charge in [0.2, 0.25) is 5.95 Å². The molecule has 3 rings (SSSR count). The highest BCUT2D eigenvalue weighted by Gasteiger charge is 2.64. The molecule has 1 aliphatic carbocycles. The maximum atomic E-state index is 13.1. The van der Waals surface area contributed by atoms with E-state index in [1.165, 1.54) is 6.20 Å². The third-order valence-electron chi connectivity index (χ3n) is 4.12. The quantitative estimate of drug-likeness (QED) is 0.779. The van der Waals surface area contributed by atoms with Crippen molar-refractivity contribution in [1.82, 2.24) is 9.97 Å². The fraction of sp³-hybridized carbons (Fsp3) is 0.333. The lowest BCUT2D eigenvalue weighted by molar-refractivity contribution is -0.183. The Morgan fingerprint density at radius 2 is 1.96 bits per heavy atom. The predicted molar refractivity (Wildman–Crippen MR) is 84.8 cm³/mol. The first-order chi connectivity index (χ1) is 11.2. The zero-order valence-corrected chi connectivity index (χ0v) is 13.9. The minimum Gasteiger partial charge on any atom is -0.465 e. The first-order valence-corrected chi connectivity index (χ1v) is 7.89. The molecule has 1 amide bonds. The molecule has 0 spiro atoms. The summed E-state index contributed by atoms with van der Waals surface area (Å²) in [6, 6.07) is 7.16. The third-order valence-corrected chi connectivity index (χ3v) is 4.65. The topological polar surface area (TPSA) is 69.2 Å². The van der Waals surface area contributed by atoms with Crippen LogP contribution in [0.3, 0.4) is 0 Å². The lowest BCUT2D eigenvalue weighted by Crippen LogP contribution is -2.41. The van der Waals surface area contributed by atoms with Gasteiger partial charge < -0.3 is 10.1 Å². The molecule has 1 aromatic carbocycles. The monoisotopic (exact) mass is 403 g/mol. The van der Waals surface area contributed by atoms with E-state index in [0.717, 1.165) is 10.0 Å². The Labute approximate surface area is 143 Å². The Balaban J connectivity index is 1.85. The van der Waals surface area contributed by atoms with E-state index >= 15 is 0 Å². The largest absolute Gasteiger partial charge is 0.465 e. The number of amides is 1. The number of carboxylic acid groups (broad SMARTS) is 1. The van der Waals surface area contributed by atoms with E-state index in [4.69, 9.17) is 0 Å². The van der Waals surface area contributed by atoms with Crippen molar-refractivity contribution >= 4 is 28.0 Å². The molecule has 1 saturated carbocycles. The van der Waals surface area contributed by atoms with Crippen LogP contribution in [0.2, 0.25) is 0 Å². The molecule has 0 radical (unpaired) electrons. The second-order valence-corrected chi connectivity index (χ2v) is 6.69. The number of anilines is 1. The van der Waals surface area contributed by atoms with Gasteiger partial charge >= 0.3 is 12.3 Å². The van der Waals surface area contributed by atoms with Crippen molar-refractivity contribution in [1.29, 1.82) is 0 Å². The average Bonchev–Trinajstić information content (AvgIpc) is 3.15. The minimum atomic E-state index is -4.43. The Hall–Kier alpha value is -2.03. The number of aromatic nitrogens is 2. The fourth-order valence-electron chi connectivity index (χ4n) is 2.44. The van der Waals surface area contributed by atoms with Crippen LogP contribution in [0, 0.1) is 5.41 Å². The second kappa shape index (κ2) is 5.80. The molecule has 24 heavy (non-hydrogen) atoms. The molecule has 0 aliphatic heterocycles. The maximum Gasteiger partial charge on any atom is 0.414 e. The smallest absolute Gasteiger partial charge is 0.414 e. The van der Waals surface area contributed by atoms with Crippen molar-refractivity contribution in [3.05, 3.63) is 34.9 Å². The summed E-state index contributed by atoms with van der Waals surface area (Å²) in [5, 5.41) is 9.29. The van der Waals surface area contributed by atoms with Crippen molar-refractivity contribution in [3.63, 3.8) is 0 Å². The third kappa shape index (κ3) is 3.12. The molecular weight excluding hydrogens is 391 g/mol. The molecule has 5 nitrogen and oxygen atoms in total. The summed E-state index contributed by atoms with van der Waals surface area (Å²) < 4.78 is 40.1. The van der Waals surface area contributed by atoms with Gasteiger partial charge in [-0.3, -0.25) is 0 Å². The van der Waals surface area contributed by atoms with Crippen LogP contribution in [0.15, 0.2) is 34.9 Å². The van der Waals surface area contributed by atoms with Gasteiger partial charge in [-0.1, -0.05) is 28.1 Å².